The van der Waals surface area contributed by atoms with Gasteiger partial charge in [0.05, 0.1) is 13.0 Å². The highest BCUT2D eigenvalue weighted by Crippen LogP contribution is 2.35. The van der Waals surface area contributed by atoms with Crippen LogP contribution >= 0.6 is 11.6 Å². The lowest BCUT2D eigenvalue weighted by Gasteiger charge is -2.18. The number of nitrogens with one attached hydrogen (secondary N) is 1. The summed E-state index contributed by atoms with van der Waals surface area (Å²) in [6, 6.07) is 14.7. The van der Waals surface area contributed by atoms with Crippen molar-refractivity contribution in [2.75, 3.05) is 26.7 Å². The standard InChI is InChI=1S/C23H27ClN2O3/c1-3-4-11-25-22(27)21-15-26(23(28)17-8-5-9-18(24)12-17)14-20(21)16-7-6-10-19(13-16)29-2/h5-10,12-13,20-21H,3-4,11,14-15H2,1-2H3,(H,25,27). The number of ether oxygens (including phenoxy) is 1. The third kappa shape index (κ3) is 5.10. The molecule has 0 radical (unpaired) electrons. The van der Waals surface area contributed by atoms with Gasteiger partial charge in [0.1, 0.15) is 5.75 Å². The Hall–Kier alpha value is -2.53. The second-order valence-electron chi connectivity index (χ2n) is 7.35. The molecule has 154 valence electrons. The number of unbranched alkanes of at least 4 members (excludes halogenated alkanes) is 1. The molecule has 0 saturated carbocycles. The van der Waals surface area contributed by atoms with Crippen LogP contribution in [0.2, 0.25) is 5.02 Å². The summed E-state index contributed by atoms with van der Waals surface area (Å²) < 4.78 is 5.35. The monoisotopic (exact) mass is 414 g/mol. The summed E-state index contributed by atoms with van der Waals surface area (Å²) >= 11 is 6.05. The lowest BCUT2D eigenvalue weighted by Crippen LogP contribution is -2.36. The molecule has 3 rings (SSSR count). The summed E-state index contributed by atoms with van der Waals surface area (Å²) in [6.45, 7) is 3.60. The molecule has 1 N–H and O–H groups in total. The van der Waals surface area contributed by atoms with Gasteiger partial charge in [0.15, 0.2) is 0 Å². The predicted molar refractivity (Wildman–Crippen MR) is 114 cm³/mol. The van der Waals surface area contributed by atoms with Crippen LogP contribution in [0.15, 0.2) is 48.5 Å². The van der Waals surface area contributed by atoms with Crippen LogP contribution in [0.1, 0.15) is 41.6 Å². The van der Waals surface area contributed by atoms with Crippen molar-refractivity contribution < 1.29 is 14.3 Å². The summed E-state index contributed by atoms with van der Waals surface area (Å²) in [5.41, 5.74) is 1.54. The summed E-state index contributed by atoms with van der Waals surface area (Å²) in [7, 11) is 1.62. The number of carbonyl (C=O) groups is 2. The van der Waals surface area contributed by atoms with Gasteiger partial charge in [-0.3, -0.25) is 9.59 Å². The van der Waals surface area contributed by atoms with Gasteiger partial charge in [-0.2, -0.15) is 0 Å². The number of methoxy groups -OCH3 is 1. The Labute approximate surface area is 177 Å². The molecular formula is C23H27ClN2O3. The highest BCUT2D eigenvalue weighted by Gasteiger charge is 2.40. The lowest BCUT2D eigenvalue weighted by molar-refractivity contribution is -0.124. The van der Waals surface area contributed by atoms with Gasteiger partial charge in [-0.25, -0.2) is 0 Å². The van der Waals surface area contributed by atoms with Crippen molar-refractivity contribution in [1.82, 2.24) is 10.2 Å². The molecule has 0 spiro atoms. The first-order valence-electron chi connectivity index (χ1n) is 10.00. The molecule has 1 saturated heterocycles. The Balaban J connectivity index is 1.84. The second-order valence-corrected chi connectivity index (χ2v) is 7.79. The van der Waals surface area contributed by atoms with Gasteiger partial charge in [-0.1, -0.05) is 43.1 Å². The molecule has 2 aromatic rings. The van der Waals surface area contributed by atoms with E-state index >= 15 is 0 Å². The van der Waals surface area contributed by atoms with E-state index in [-0.39, 0.29) is 23.7 Å². The van der Waals surface area contributed by atoms with Crippen molar-refractivity contribution in [3.05, 3.63) is 64.7 Å². The van der Waals surface area contributed by atoms with E-state index < -0.39 is 0 Å². The van der Waals surface area contributed by atoms with Gasteiger partial charge < -0.3 is 15.0 Å². The minimum absolute atomic E-state index is 0.00679. The maximum atomic E-state index is 13.0. The van der Waals surface area contributed by atoms with Gasteiger partial charge in [0, 0.05) is 36.1 Å². The first-order chi connectivity index (χ1) is 14.0. The molecule has 29 heavy (non-hydrogen) atoms. The van der Waals surface area contributed by atoms with E-state index in [0.29, 0.717) is 30.2 Å². The van der Waals surface area contributed by atoms with Gasteiger partial charge in [-0.05, 0) is 42.3 Å². The van der Waals surface area contributed by atoms with Crippen LogP contribution in [0.5, 0.6) is 5.75 Å². The number of halogens is 1. The van der Waals surface area contributed by atoms with Crippen molar-refractivity contribution in [3.63, 3.8) is 0 Å². The fourth-order valence-corrected chi connectivity index (χ4v) is 3.96. The first-order valence-corrected chi connectivity index (χ1v) is 10.4. The summed E-state index contributed by atoms with van der Waals surface area (Å²) in [5, 5.41) is 3.55. The minimum atomic E-state index is -0.304. The van der Waals surface area contributed by atoms with E-state index in [1.807, 2.05) is 24.3 Å². The Kier molecular flexibility index (Phi) is 7.15. The maximum Gasteiger partial charge on any atom is 0.253 e. The van der Waals surface area contributed by atoms with Gasteiger partial charge >= 0.3 is 0 Å². The average molecular weight is 415 g/mol. The molecule has 2 aromatic carbocycles. The predicted octanol–water partition coefficient (Wildman–Crippen LogP) is 4.12. The van der Waals surface area contributed by atoms with E-state index in [0.717, 1.165) is 24.2 Å². The molecule has 0 aliphatic carbocycles. The topological polar surface area (TPSA) is 58.6 Å². The molecule has 1 heterocycles. The van der Waals surface area contributed by atoms with Crippen molar-refractivity contribution in [2.24, 2.45) is 5.92 Å². The normalized spacial score (nSPS) is 18.5. The highest BCUT2D eigenvalue weighted by atomic mass is 35.5. The smallest absolute Gasteiger partial charge is 0.253 e. The van der Waals surface area contributed by atoms with Crippen molar-refractivity contribution in [3.8, 4) is 5.75 Å². The van der Waals surface area contributed by atoms with Crippen molar-refractivity contribution >= 4 is 23.4 Å². The zero-order valence-corrected chi connectivity index (χ0v) is 17.6. The number of likely N-dealkylation sites (tertiary alicyclic amines) is 1. The van der Waals surface area contributed by atoms with Crippen molar-refractivity contribution in [1.29, 1.82) is 0 Å². The van der Waals surface area contributed by atoms with E-state index in [9.17, 15) is 9.59 Å². The Morgan fingerprint density at radius 1 is 1.17 bits per heavy atom. The second kappa shape index (κ2) is 9.79. The molecule has 1 aliphatic heterocycles. The van der Waals surface area contributed by atoms with E-state index in [2.05, 4.69) is 12.2 Å². The summed E-state index contributed by atoms with van der Waals surface area (Å²) in [4.78, 5) is 27.7. The Bertz CT molecular complexity index is 871. The number of benzene rings is 2. The molecule has 2 unspecified atom stereocenters. The van der Waals surface area contributed by atoms with Crippen LogP contribution < -0.4 is 10.1 Å². The molecule has 2 amide bonds. The van der Waals surface area contributed by atoms with Crippen LogP contribution in [0.3, 0.4) is 0 Å². The molecular weight excluding hydrogens is 388 g/mol. The van der Waals surface area contributed by atoms with E-state index in [4.69, 9.17) is 16.3 Å². The Morgan fingerprint density at radius 2 is 1.97 bits per heavy atom. The molecule has 1 aliphatic rings. The fourth-order valence-electron chi connectivity index (χ4n) is 3.77. The molecule has 0 aromatic heterocycles. The third-order valence-electron chi connectivity index (χ3n) is 5.37. The van der Waals surface area contributed by atoms with Crippen LogP contribution in [-0.4, -0.2) is 43.5 Å². The Morgan fingerprint density at radius 3 is 2.69 bits per heavy atom. The molecule has 5 nitrogen and oxygen atoms in total. The maximum absolute atomic E-state index is 13.0. The van der Waals surface area contributed by atoms with Crippen LogP contribution in [0, 0.1) is 5.92 Å². The summed E-state index contributed by atoms with van der Waals surface area (Å²) in [5.74, 6) is 0.237. The van der Waals surface area contributed by atoms with Gasteiger partial charge in [-0.15, -0.1) is 0 Å². The lowest BCUT2D eigenvalue weighted by atomic mass is 9.88. The number of hydrogen-bond acceptors (Lipinski definition) is 3. The molecule has 6 heteroatoms. The van der Waals surface area contributed by atoms with Crippen LogP contribution in [0.4, 0.5) is 0 Å². The molecule has 1 fully saturated rings. The number of hydrogen-bond donors (Lipinski definition) is 1. The third-order valence-corrected chi connectivity index (χ3v) is 5.60. The number of nitrogens with zero attached hydrogens (tertiary/aromatic N) is 1. The minimum Gasteiger partial charge on any atom is -0.497 e. The van der Waals surface area contributed by atoms with Crippen LogP contribution in [-0.2, 0) is 4.79 Å². The van der Waals surface area contributed by atoms with Gasteiger partial charge in [0.25, 0.3) is 5.91 Å². The average Bonchev–Trinajstić information content (AvgIpc) is 3.19. The van der Waals surface area contributed by atoms with Crippen LogP contribution in [0.25, 0.3) is 0 Å². The summed E-state index contributed by atoms with van der Waals surface area (Å²) in [6.07, 6.45) is 1.96. The SMILES string of the molecule is CCCCNC(=O)C1CN(C(=O)c2cccc(Cl)c2)CC1c1cccc(OC)c1. The zero-order valence-electron chi connectivity index (χ0n) is 16.9. The van der Waals surface area contributed by atoms with E-state index in [1.54, 1.807) is 36.3 Å². The van der Waals surface area contributed by atoms with Gasteiger partial charge in [0.2, 0.25) is 5.91 Å². The highest BCUT2D eigenvalue weighted by molar-refractivity contribution is 6.30. The molecule has 2 atom stereocenters. The first kappa shape index (κ1) is 21.2. The van der Waals surface area contributed by atoms with E-state index in [1.165, 1.54) is 0 Å². The number of rotatable bonds is 7. The fraction of sp³-hybridized carbons (Fsp3) is 0.391. The van der Waals surface area contributed by atoms with Crippen molar-refractivity contribution in [2.45, 2.75) is 25.7 Å². The quantitative estimate of drug-likeness (QED) is 0.693. The molecule has 0 bridgehead atoms. The number of amides is 2. The zero-order chi connectivity index (χ0) is 20.8. The largest absolute Gasteiger partial charge is 0.497 e. The number of carbonyl (C=O) groups excluding carboxylic acids is 2.